The Labute approximate surface area is 133 Å². The average Bonchev–Trinajstić information content (AvgIpc) is 2.82. The monoisotopic (exact) mass is 294 g/mol. The van der Waals surface area contributed by atoms with E-state index in [1.807, 2.05) is 0 Å². The van der Waals surface area contributed by atoms with Crippen molar-refractivity contribution in [1.29, 1.82) is 0 Å². The maximum absolute atomic E-state index is 2.33. The van der Waals surface area contributed by atoms with Gasteiger partial charge in [0.1, 0.15) is 13.2 Å². The van der Waals surface area contributed by atoms with Gasteiger partial charge in [-0.15, -0.1) is 0 Å². The van der Waals surface area contributed by atoms with Crippen LogP contribution < -0.4 is 9.47 Å². The maximum Gasteiger partial charge on any atom is 0.212 e. The lowest BCUT2D eigenvalue weighted by Crippen LogP contribution is -2.34. The molecule has 0 fully saturated rings. The summed E-state index contributed by atoms with van der Waals surface area (Å²) in [6.07, 6.45) is 6.76. The van der Waals surface area contributed by atoms with Crippen LogP contribution in [0.4, 0.5) is 5.69 Å². The Bertz CT molecular complexity index is 733. The van der Waals surface area contributed by atoms with Crippen LogP contribution in [0.1, 0.15) is 18.1 Å². The lowest BCUT2D eigenvalue weighted by Gasteiger charge is -2.28. The van der Waals surface area contributed by atoms with E-state index >= 15 is 0 Å². The summed E-state index contributed by atoms with van der Waals surface area (Å²) < 4.78 is 2.19. The van der Waals surface area contributed by atoms with Gasteiger partial charge in [0.15, 0.2) is 6.20 Å². The molecule has 0 unspecified atom stereocenters. The van der Waals surface area contributed by atoms with E-state index in [1.54, 1.807) is 0 Å². The fourth-order valence-electron chi connectivity index (χ4n) is 3.03. The minimum Gasteiger partial charge on any atom is -0.359 e. The smallest absolute Gasteiger partial charge is 0.212 e. The fourth-order valence-corrected chi connectivity index (χ4v) is 3.03. The molecule has 22 heavy (non-hydrogen) atoms. The maximum atomic E-state index is 2.33. The Balaban J connectivity index is 2.10. The van der Waals surface area contributed by atoms with Gasteiger partial charge < -0.3 is 9.80 Å². The first-order valence-corrected chi connectivity index (χ1v) is 7.74. The standard InChI is InChI=1S/C19H24N3/c1-14-9-10-21(5)19(13-14)17-7-6-8-18(15(17)2)22-12-11-20(4)16(22)3/h6-13,16H,1-5H3/q+1/t16-/m0/s1. The third-order valence-corrected chi connectivity index (χ3v) is 4.62. The fraction of sp³-hybridized carbons (Fsp3) is 0.316. The second-order valence-electron chi connectivity index (χ2n) is 6.15. The summed E-state index contributed by atoms with van der Waals surface area (Å²) in [6, 6.07) is 11.0. The van der Waals surface area contributed by atoms with Gasteiger partial charge >= 0.3 is 0 Å². The van der Waals surface area contributed by atoms with Gasteiger partial charge in [-0.2, -0.15) is 0 Å². The predicted molar refractivity (Wildman–Crippen MR) is 91.4 cm³/mol. The van der Waals surface area contributed by atoms with Crippen LogP contribution in [0.5, 0.6) is 0 Å². The molecule has 0 bridgehead atoms. The molecule has 3 heteroatoms. The van der Waals surface area contributed by atoms with Gasteiger partial charge in [-0.3, -0.25) is 0 Å². The number of benzene rings is 1. The van der Waals surface area contributed by atoms with E-state index < -0.39 is 0 Å². The summed E-state index contributed by atoms with van der Waals surface area (Å²) in [6.45, 7) is 6.58. The van der Waals surface area contributed by atoms with Crippen molar-refractivity contribution in [1.82, 2.24) is 4.90 Å². The number of aryl methyl sites for hydroxylation is 2. The Kier molecular flexibility index (Phi) is 3.65. The van der Waals surface area contributed by atoms with Crippen molar-refractivity contribution in [2.75, 3.05) is 11.9 Å². The van der Waals surface area contributed by atoms with Gasteiger partial charge in [0.05, 0.1) is 5.56 Å². The SMILES string of the molecule is Cc1cc[n+](C)c(-c2cccc(N3C=CN(C)[C@@H]3C)c2C)c1. The first-order chi connectivity index (χ1) is 10.5. The molecule has 3 rings (SSSR count). The summed E-state index contributed by atoms with van der Waals surface area (Å²) >= 11 is 0. The lowest BCUT2D eigenvalue weighted by atomic mass is 10.0. The van der Waals surface area contributed by atoms with Gasteiger partial charge in [0.25, 0.3) is 0 Å². The molecule has 0 saturated heterocycles. The number of anilines is 1. The van der Waals surface area contributed by atoms with Gasteiger partial charge in [0.2, 0.25) is 5.69 Å². The molecule has 1 aliphatic heterocycles. The van der Waals surface area contributed by atoms with E-state index in [1.165, 1.54) is 28.1 Å². The zero-order valence-corrected chi connectivity index (χ0v) is 14.0. The van der Waals surface area contributed by atoms with Gasteiger partial charge in [-0.25, -0.2) is 4.57 Å². The molecule has 1 atom stereocenters. The second kappa shape index (κ2) is 5.48. The number of pyridine rings is 1. The molecule has 1 aromatic carbocycles. The highest BCUT2D eigenvalue weighted by atomic mass is 15.4. The van der Waals surface area contributed by atoms with Crippen LogP contribution in [0, 0.1) is 13.8 Å². The zero-order chi connectivity index (χ0) is 15.9. The van der Waals surface area contributed by atoms with E-state index in [9.17, 15) is 0 Å². The molecule has 0 radical (unpaired) electrons. The normalized spacial score (nSPS) is 17.4. The van der Waals surface area contributed by atoms with E-state index in [2.05, 4.69) is 98.2 Å². The highest BCUT2D eigenvalue weighted by molar-refractivity contribution is 5.72. The summed E-state index contributed by atoms with van der Waals surface area (Å²) in [4.78, 5) is 4.55. The summed E-state index contributed by atoms with van der Waals surface area (Å²) in [5, 5.41) is 0. The lowest BCUT2D eigenvalue weighted by molar-refractivity contribution is -0.660. The van der Waals surface area contributed by atoms with E-state index in [0.717, 1.165) is 0 Å². The molecule has 2 heterocycles. The second-order valence-corrected chi connectivity index (χ2v) is 6.15. The van der Waals surface area contributed by atoms with E-state index in [4.69, 9.17) is 0 Å². The van der Waals surface area contributed by atoms with Crippen molar-refractivity contribution in [3.8, 4) is 11.3 Å². The van der Waals surface area contributed by atoms with Crippen molar-refractivity contribution in [3.05, 3.63) is 60.1 Å². The molecule has 1 aromatic heterocycles. The van der Waals surface area contributed by atoms with Gasteiger partial charge in [-0.1, -0.05) is 6.07 Å². The summed E-state index contributed by atoms with van der Waals surface area (Å²) in [5.41, 5.74) is 6.41. The highest BCUT2D eigenvalue weighted by Crippen LogP contribution is 2.32. The Morgan fingerprint density at radius 1 is 1.09 bits per heavy atom. The molecule has 0 saturated carbocycles. The number of rotatable bonds is 2. The minimum absolute atomic E-state index is 0.347. The molecular formula is C19H24N3+. The van der Waals surface area contributed by atoms with Gasteiger partial charge in [0, 0.05) is 37.3 Å². The van der Waals surface area contributed by atoms with E-state index in [-0.39, 0.29) is 0 Å². The first kappa shape index (κ1) is 14.6. The van der Waals surface area contributed by atoms with Crippen LogP contribution in [0.15, 0.2) is 48.9 Å². The molecule has 0 spiro atoms. The van der Waals surface area contributed by atoms with Crippen LogP contribution >= 0.6 is 0 Å². The first-order valence-electron chi connectivity index (χ1n) is 7.74. The summed E-state index contributed by atoms with van der Waals surface area (Å²) in [7, 11) is 4.22. The molecular weight excluding hydrogens is 270 g/mol. The molecule has 0 aliphatic carbocycles. The highest BCUT2D eigenvalue weighted by Gasteiger charge is 2.23. The molecule has 1 aliphatic rings. The van der Waals surface area contributed by atoms with E-state index in [0.29, 0.717) is 6.17 Å². The molecule has 0 N–H and O–H groups in total. The third-order valence-electron chi connectivity index (χ3n) is 4.62. The van der Waals surface area contributed by atoms with Crippen molar-refractivity contribution in [2.45, 2.75) is 26.9 Å². The zero-order valence-electron chi connectivity index (χ0n) is 14.0. The molecule has 3 nitrogen and oxygen atoms in total. The quantitative estimate of drug-likeness (QED) is 0.786. The third kappa shape index (κ3) is 2.37. The van der Waals surface area contributed by atoms with Crippen molar-refractivity contribution in [3.63, 3.8) is 0 Å². The number of aromatic nitrogens is 1. The predicted octanol–water partition coefficient (Wildman–Crippen LogP) is 3.36. The Morgan fingerprint density at radius 2 is 1.86 bits per heavy atom. The van der Waals surface area contributed by atoms with Gasteiger partial charge in [-0.05, 0) is 44.0 Å². The summed E-state index contributed by atoms with van der Waals surface area (Å²) in [5.74, 6) is 0. The largest absolute Gasteiger partial charge is 0.359 e. The van der Waals surface area contributed by atoms with Crippen LogP contribution in [0.3, 0.4) is 0 Å². The topological polar surface area (TPSA) is 10.4 Å². The average molecular weight is 294 g/mol. The molecule has 0 amide bonds. The van der Waals surface area contributed by atoms with Crippen LogP contribution in [0.2, 0.25) is 0 Å². The van der Waals surface area contributed by atoms with Crippen LogP contribution in [-0.4, -0.2) is 18.1 Å². The van der Waals surface area contributed by atoms with Crippen LogP contribution in [-0.2, 0) is 7.05 Å². The Hall–Kier alpha value is -2.29. The number of hydrogen-bond acceptors (Lipinski definition) is 2. The minimum atomic E-state index is 0.347. The van der Waals surface area contributed by atoms with Crippen molar-refractivity contribution in [2.24, 2.45) is 7.05 Å². The Morgan fingerprint density at radius 3 is 2.55 bits per heavy atom. The van der Waals surface area contributed by atoms with Crippen LogP contribution in [0.25, 0.3) is 11.3 Å². The number of nitrogens with zero attached hydrogens (tertiary/aromatic N) is 3. The van der Waals surface area contributed by atoms with Crippen molar-refractivity contribution < 1.29 is 4.57 Å². The van der Waals surface area contributed by atoms with Crippen molar-refractivity contribution >= 4 is 5.69 Å². The molecule has 114 valence electrons. The molecule has 2 aromatic rings. The number of hydrogen-bond donors (Lipinski definition) is 0.